The number of H-pyrrole nitrogens is 1. The summed E-state index contributed by atoms with van der Waals surface area (Å²) in [5.41, 5.74) is 3.37. The number of aromatic amines is 1. The van der Waals surface area contributed by atoms with Gasteiger partial charge in [-0.25, -0.2) is 4.98 Å². The van der Waals surface area contributed by atoms with E-state index < -0.39 is 0 Å². The fourth-order valence-corrected chi connectivity index (χ4v) is 6.18. The van der Waals surface area contributed by atoms with Crippen molar-refractivity contribution in [2.45, 2.75) is 110 Å². The molecule has 5 nitrogen and oxygen atoms in total. The standard InChI is InChI=1S/C33H48N4O/c1-3-5-7-9-27-11-13-29(14-12-27)24-37(32-19-21-36(22-20-32)25-31-23-34-26-35-31)33(38)30-17-15-28(16-18-30)10-8-6-4-2/h11-14,23,26,28,30,32H,3-6,8,10,15-22,24-25H2,1-2H3,(H,34,35)/t28-,30-. The van der Waals surface area contributed by atoms with Crippen LogP contribution in [-0.4, -0.2) is 44.8 Å². The van der Waals surface area contributed by atoms with Gasteiger partial charge in [0.2, 0.25) is 5.91 Å². The van der Waals surface area contributed by atoms with Gasteiger partial charge < -0.3 is 9.88 Å². The first-order valence-corrected chi connectivity index (χ1v) is 15.2. The van der Waals surface area contributed by atoms with Gasteiger partial charge in [0.15, 0.2) is 0 Å². The van der Waals surface area contributed by atoms with Crippen LogP contribution in [0.25, 0.3) is 0 Å². The van der Waals surface area contributed by atoms with Gasteiger partial charge in [-0.1, -0.05) is 63.5 Å². The molecule has 0 atom stereocenters. The molecule has 1 aliphatic heterocycles. The van der Waals surface area contributed by atoms with E-state index in [9.17, 15) is 4.79 Å². The second-order valence-electron chi connectivity index (χ2n) is 11.5. The van der Waals surface area contributed by atoms with Gasteiger partial charge in [-0.2, -0.15) is 0 Å². The number of carbonyl (C=O) groups is 1. The van der Waals surface area contributed by atoms with Gasteiger partial charge >= 0.3 is 0 Å². The van der Waals surface area contributed by atoms with Crippen LogP contribution in [0.15, 0.2) is 36.8 Å². The zero-order valence-corrected chi connectivity index (χ0v) is 23.8. The monoisotopic (exact) mass is 516 g/mol. The fourth-order valence-electron chi connectivity index (χ4n) is 6.18. The lowest BCUT2D eigenvalue weighted by atomic mass is 9.79. The van der Waals surface area contributed by atoms with Gasteiger partial charge in [0.1, 0.15) is 0 Å². The molecule has 2 aromatic rings. The summed E-state index contributed by atoms with van der Waals surface area (Å²) in [6, 6.07) is 8.90. The average molecular weight is 517 g/mol. The number of imidazole rings is 1. The maximum Gasteiger partial charge on any atom is 0.226 e. The van der Waals surface area contributed by atoms with Crippen LogP contribution in [0, 0.1) is 23.7 Å². The number of aromatic nitrogens is 2. The Bertz CT molecular complexity index is 1000. The minimum atomic E-state index is 0.193. The maximum atomic E-state index is 14.0. The van der Waals surface area contributed by atoms with Gasteiger partial charge in [0.25, 0.3) is 0 Å². The molecule has 2 heterocycles. The van der Waals surface area contributed by atoms with Crippen molar-refractivity contribution in [3.8, 4) is 11.8 Å². The summed E-state index contributed by atoms with van der Waals surface area (Å²) in [5, 5.41) is 0. The molecule has 1 aromatic heterocycles. The first kappa shape index (κ1) is 28.4. The molecule has 38 heavy (non-hydrogen) atoms. The van der Waals surface area contributed by atoms with Gasteiger partial charge in [0.05, 0.1) is 12.0 Å². The van der Waals surface area contributed by atoms with E-state index in [1.807, 2.05) is 6.20 Å². The van der Waals surface area contributed by atoms with Crippen LogP contribution in [0.5, 0.6) is 0 Å². The van der Waals surface area contributed by atoms with Crippen LogP contribution in [0.2, 0.25) is 0 Å². The van der Waals surface area contributed by atoms with Crippen LogP contribution in [0.3, 0.4) is 0 Å². The van der Waals surface area contributed by atoms with E-state index in [0.29, 0.717) is 18.5 Å². The van der Waals surface area contributed by atoms with Gasteiger partial charge in [-0.15, -0.1) is 0 Å². The lowest BCUT2D eigenvalue weighted by molar-refractivity contribution is -0.141. The van der Waals surface area contributed by atoms with Crippen molar-refractivity contribution in [2.75, 3.05) is 13.1 Å². The molecule has 2 aliphatic rings. The Labute approximate surface area is 230 Å². The van der Waals surface area contributed by atoms with E-state index in [2.05, 4.69) is 69.7 Å². The van der Waals surface area contributed by atoms with Crippen molar-refractivity contribution in [3.05, 3.63) is 53.6 Å². The van der Waals surface area contributed by atoms with E-state index in [1.165, 1.54) is 44.1 Å². The summed E-state index contributed by atoms with van der Waals surface area (Å²) < 4.78 is 0. The molecule has 1 aliphatic carbocycles. The topological polar surface area (TPSA) is 52.2 Å². The highest BCUT2D eigenvalue weighted by atomic mass is 16.2. The molecule has 5 heteroatoms. The molecule has 2 fully saturated rings. The van der Waals surface area contributed by atoms with Crippen LogP contribution >= 0.6 is 0 Å². The van der Waals surface area contributed by atoms with Gasteiger partial charge in [-0.05, 0) is 68.6 Å². The lowest BCUT2D eigenvalue weighted by Gasteiger charge is -2.41. The summed E-state index contributed by atoms with van der Waals surface area (Å²) in [4.78, 5) is 26.2. The number of likely N-dealkylation sites (tertiary alicyclic amines) is 1. The number of amides is 1. The number of carbonyl (C=O) groups excluding carboxylic acids is 1. The summed E-state index contributed by atoms with van der Waals surface area (Å²) in [6.45, 7) is 8.05. The number of piperidine rings is 1. The Morgan fingerprint density at radius 1 is 1.03 bits per heavy atom. The predicted octanol–water partition coefficient (Wildman–Crippen LogP) is 6.94. The number of hydrogen-bond donors (Lipinski definition) is 1. The molecule has 1 aromatic carbocycles. The summed E-state index contributed by atoms with van der Waals surface area (Å²) in [6.07, 6.45) is 17.7. The van der Waals surface area contributed by atoms with Gasteiger partial charge in [-0.3, -0.25) is 9.69 Å². The fraction of sp³-hybridized carbons (Fsp3) is 0.636. The third kappa shape index (κ3) is 8.46. The second-order valence-corrected chi connectivity index (χ2v) is 11.5. The largest absolute Gasteiger partial charge is 0.351 e. The van der Waals surface area contributed by atoms with Crippen LogP contribution in [-0.2, 0) is 17.9 Å². The van der Waals surface area contributed by atoms with Crippen molar-refractivity contribution < 1.29 is 4.79 Å². The lowest BCUT2D eigenvalue weighted by Crippen LogP contribution is -2.49. The molecular weight excluding hydrogens is 468 g/mol. The van der Waals surface area contributed by atoms with E-state index in [-0.39, 0.29) is 5.92 Å². The van der Waals surface area contributed by atoms with Crippen molar-refractivity contribution in [1.82, 2.24) is 19.8 Å². The van der Waals surface area contributed by atoms with Crippen LogP contribution < -0.4 is 0 Å². The molecule has 0 spiro atoms. The van der Waals surface area contributed by atoms with Crippen molar-refractivity contribution in [2.24, 2.45) is 11.8 Å². The molecule has 4 rings (SSSR count). The Balaban J connectivity index is 1.39. The molecule has 0 unspecified atom stereocenters. The summed E-state index contributed by atoms with van der Waals surface area (Å²) >= 11 is 0. The van der Waals surface area contributed by atoms with E-state index in [1.54, 1.807) is 6.33 Å². The quantitative estimate of drug-likeness (QED) is 0.260. The summed E-state index contributed by atoms with van der Waals surface area (Å²) in [7, 11) is 0. The van der Waals surface area contributed by atoms with Crippen molar-refractivity contribution in [1.29, 1.82) is 0 Å². The number of hydrogen-bond acceptors (Lipinski definition) is 3. The summed E-state index contributed by atoms with van der Waals surface area (Å²) in [5.74, 6) is 7.92. The molecule has 0 bridgehead atoms. The first-order chi connectivity index (χ1) is 18.7. The molecule has 1 N–H and O–H groups in total. The smallest absolute Gasteiger partial charge is 0.226 e. The maximum absolute atomic E-state index is 14.0. The highest BCUT2D eigenvalue weighted by Gasteiger charge is 2.34. The first-order valence-electron chi connectivity index (χ1n) is 15.2. The zero-order valence-electron chi connectivity index (χ0n) is 23.8. The SMILES string of the molecule is CCCC#Cc1ccc(CN(C(=O)[C@H]2CC[C@H](CCCCC)CC2)C2CCN(Cc3c[nH]cn3)CC2)cc1. The Morgan fingerprint density at radius 2 is 1.79 bits per heavy atom. The molecule has 0 radical (unpaired) electrons. The third-order valence-corrected chi connectivity index (χ3v) is 8.55. The Kier molecular flexibility index (Phi) is 11.3. The van der Waals surface area contributed by atoms with Crippen LogP contribution in [0.1, 0.15) is 108 Å². The van der Waals surface area contributed by atoms with Crippen molar-refractivity contribution >= 4 is 5.91 Å². The number of nitrogens with zero attached hydrogens (tertiary/aromatic N) is 3. The molecule has 1 saturated heterocycles. The van der Waals surface area contributed by atoms with Crippen LogP contribution in [0.4, 0.5) is 0 Å². The molecule has 1 amide bonds. The normalized spacial score (nSPS) is 20.6. The minimum Gasteiger partial charge on any atom is -0.351 e. The predicted molar refractivity (Wildman–Crippen MR) is 155 cm³/mol. The Hall–Kier alpha value is -2.58. The number of unbranched alkanes of at least 4 members (excludes halogenated alkanes) is 3. The highest BCUT2D eigenvalue weighted by Crippen LogP contribution is 2.34. The highest BCUT2D eigenvalue weighted by molar-refractivity contribution is 5.79. The number of rotatable bonds is 11. The Morgan fingerprint density at radius 3 is 2.45 bits per heavy atom. The molecular formula is C33H48N4O. The minimum absolute atomic E-state index is 0.193. The number of benzene rings is 1. The third-order valence-electron chi connectivity index (χ3n) is 8.55. The van der Waals surface area contributed by atoms with E-state index in [4.69, 9.17) is 0 Å². The van der Waals surface area contributed by atoms with Gasteiger partial charge in [0, 0.05) is 56.3 Å². The average Bonchev–Trinajstić information content (AvgIpc) is 3.46. The molecule has 206 valence electrons. The van der Waals surface area contributed by atoms with E-state index >= 15 is 0 Å². The van der Waals surface area contributed by atoms with Crippen molar-refractivity contribution in [3.63, 3.8) is 0 Å². The molecule has 1 saturated carbocycles. The second kappa shape index (κ2) is 15.1. The zero-order chi connectivity index (χ0) is 26.6. The van der Waals surface area contributed by atoms with E-state index in [0.717, 1.165) is 75.3 Å². The number of nitrogens with one attached hydrogen (secondary N) is 1.